The van der Waals surface area contributed by atoms with E-state index in [0.717, 1.165) is 81.3 Å². The van der Waals surface area contributed by atoms with Gasteiger partial charge in [0.15, 0.2) is 5.82 Å². The predicted octanol–water partition coefficient (Wildman–Crippen LogP) is 1.16. The SMILES string of the molecule is Cc1nnc2c(N3CCCC(N(C)c4nccc(N5CCOCC5)n4)C3)nccn12. The number of piperidine rings is 1. The quantitative estimate of drug-likeness (QED) is 0.630. The van der Waals surface area contributed by atoms with Gasteiger partial charge in [-0.05, 0) is 25.8 Å². The third kappa shape index (κ3) is 3.51. The summed E-state index contributed by atoms with van der Waals surface area (Å²) < 4.78 is 7.45. The first-order valence-corrected chi connectivity index (χ1v) is 10.5. The lowest BCUT2D eigenvalue weighted by atomic mass is 10.0. The summed E-state index contributed by atoms with van der Waals surface area (Å²) in [4.78, 5) is 20.8. The molecule has 2 fully saturated rings. The Labute approximate surface area is 175 Å². The molecule has 10 heteroatoms. The van der Waals surface area contributed by atoms with Gasteiger partial charge in [0.05, 0.1) is 13.2 Å². The fraction of sp³-hybridized carbons (Fsp3) is 0.550. The Hall–Kier alpha value is -3.01. The molecule has 0 aliphatic carbocycles. The van der Waals surface area contributed by atoms with Crippen LogP contribution in [-0.4, -0.2) is 82.0 Å². The van der Waals surface area contributed by atoms with Gasteiger partial charge < -0.3 is 19.4 Å². The second-order valence-electron chi connectivity index (χ2n) is 7.86. The van der Waals surface area contributed by atoms with Crippen molar-refractivity contribution in [2.75, 3.05) is 61.1 Å². The number of nitrogens with zero attached hydrogens (tertiary/aromatic N) is 9. The topological polar surface area (TPSA) is 87.8 Å². The standard InChI is InChI=1S/C20H27N9O/c1-15-24-25-19-18(21-7-9-29(15)19)28-8-3-4-16(14-28)26(2)20-22-6-5-17(23-20)27-10-12-30-13-11-27/h5-7,9,16H,3-4,8,10-14H2,1-2H3. The summed E-state index contributed by atoms with van der Waals surface area (Å²) in [5.41, 5.74) is 0.809. The van der Waals surface area contributed by atoms with Crippen molar-refractivity contribution in [1.29, 1.82) is 0 Å². The maximum atomic E-state index is 5.46. The summed E-state index contributed by atoms with van der Waals surface area (Å²) >= 11 is 0. The average molecular weight is 409 g/mol. The first-order chi connectivity index (χ1) is 14.7. The van der Waals surface area contributed by atoms with Crippen molar-refractivity contribution < 1.29 is 4.74 Å². The maximum absolute atomic E-state index is 5.46. The van der Waals surface area contributed by atoms with Gasteiger partial charge in [-0.15, -0.1) is 10.2 Å². The summed E-state index contributed by atoms with van der Waals surface area (Å²) in [6.07, 6.45) is 7.75. The highest BCUT2D eigenvalue weighted by Gasteiger charge is 2.27. The van der Waals surface area contributed by atoms with Crippen LogP contribution in [-0.2, 0) is 4.74 Å². The van der Waals surface area contributed by atoms with E-state index in [0.29, 0.717) is 6.04 Å². The van der Waals surface area contributed by atoms with Crippen LogP contribution < -0.4 is 14.7 Å². The summed E-state index contributed by atoms with van der Waals surface area (Å²) in [5.74, 6) is 3.48. The molecule has 0 bridgehead atoms. The van der Waals surface area contributed by atoms with E-state index >= 15 is 0 Å². The van der Waals surface area contributed by atoms with Gasteiger partial charge in [-0.1, -0.05) is 0 Å². The normalized spacial score (nSPS) is 20.0. The number of hydrogen-bond acceptors (Lipinski definition) is 9. The molecule has 0 saturated carbocycles. The van der Waals surface area contributed by atoms with E-state index in [1.54, 1.807) is 0 Å². The van der Waals surface area contributed by atoms with Gasteiger partial charge >= 0.3 is 0 Å². The van der Waals surface area contributed by atoms with E-state index in [4.69, 9.17) is 9.72 Å². The Kier molecular flexibility index (Phi) is 5.07. The number of hydrogen-bond donors (Lipinski definition) is 0. The molecule has 0 radical (unpaired) electrons. The van der Waals surface area contributed by atoms with Gasteiger partial charge in [0.2, 0.25) is 11.6 Å². The van der Waals surface area contributed by atoms with Gasteiger partial charge in [-0.25, -0.2) is 9.97 Å². The van der Waals surface area contributed by atoms with Gasteiger partial charge in [0.1, 0.15) is 11.6 Å². The molecule has 2 saturated heterocycles. The average Bonchev–Trinajstić information content (AvgIpc) is 3.20. The summed E-state index contributed by atoms with van der Waals surface area (Å²) in [6, 6.07) is 2.28. The first kappa shape index (κ1) is 19.0. The van der Waals surface area contributed by atoms with Crippen LogP contribution in [0, 0.1) is 6.92 Å². The molecule has 0 aromatic carbocycles. The smallest absolute Gasteiger partial charge is 0.227 e. The lowest BCUT2D eigenvalue weighted by Gasteiger charge is -2.38. The van der Waals surface area contributed by atoms with Gasteiger partial charge in [-0.3, -0.25) is 4.40 Å². The highest BCUT2D eigenvalue weighted by molar-refractivity contribution is 5.64. The minimum atomic E-state index is 0.296. The Morgan fingerprint density at radius 1 is 1.07 bits per heavy atom. The van der Waals surface area contributed by atoms with Crippen LogP contribution in [0.5, 0.6) is 0 Å². The molecule has 3 aromatic heterocycles. The third-order valence-electron chi connectivity index (χ3n) is 6.00. The van der Waals surface area contributed by atoms with Crippen molar-refractivity contribution in [2.45, 2.75) is 25.8 Å². The maximum Gasteiger partial charge on any atom is 0.227 e. The van der Waals surface area contributed by atoms with Crippen molar-refractivity contribution in [3.8, 4) is 0 Å². The fourth-order valence-electron chi connectivity index (χ4n) is 4.26. The zero-order valence-electron chi connectivity index (χ0n) is 17.5. The summed E-state index contributed by atoms with van der Waals surface area (Å²) in [7, 11) is 2.09. The van der Waals surface area contributed by atoms with Gasteiger partial charge in [-0.2, -0.15) is 4.98 Å². The van der Waals surface area contributed by atoms with Crippen molar-refractivity contribution in [3.63, 3.8) is 0 Å². The van der Waals surface area contributed by atoms with Crippen LogP contribution in [0.25, 0.3) is 5.65 Å². The molecule has 158 valence electrons. The molecule has 1 atom stereocenters. The molecule has 2 aliphatic heterocycles. The molecule has 2 aliphatic rings. The number of morpholine rings is 1. The number of likely N-dealkylation sites (N-methyl/N-ethyl adjacent to an activating group) is 1. The van der Waals surface area contributed by atoms with Gasteiger partial charge in [0, 0.05) is 57.9 Å². The largest absolute Gasteiger partial charge is 0.378 e. The molecular weight excluding hydrogens is 382 g/mol. The molecule has 5 rings (SSSR count). The predicted molar refractivity (Wildman–Crippen MR) is 114 cm³/mol. The summed E-state index contributed by atoms with van der Waals surface area (Å²) in [6.45, 7) is 6.98. The Morgan fingerprint density at radius 3 is 2.80 bits per heavy atom. The van der Waals surface area contributed by atoms with Crippen LogP contribution in [0.2, 0.25) is 0 Å². The lowest BCUT2D eigenvalue weighted by Crippen LogP contribution is -2.47. The van der Waals surface area contributed by atoms with E-state index < -0.39 is 0 Å². The first-order valence-electron chi connectivity index (χ1n) is 10.5. The van der Waals surface area contributed by atoms with Crippen LogP contribution >= 0.6 is 0 Å². The molecule has 0 amide bonds. The molecule has 0 N–H and O–H groups in total. The monoisotopic (exact) mass is 409 g/mol. The number of aromatic nitrogens is 6. The minimum Gasteiger partial charge on any atom is -0.378 e. The second kappa shape index (κ2) is 8.02. The van der Waals surface area contributed by atoms with E-state index in [1.807, 2.05) is 36.0 Å². The van der Waals surface area contributed by atoms with E-state index in [9.17, 15) is 0 Å². The molecular formula is C20H27N9O. The summed E-state index contributed by atoms with van der Waals surface area (Å²) in [5, 5.41) is 8.55. The molecule has 10 nitrogen and oxygen atoms in total. The highest BCUT2D eigenvalue weighted by atomic mass is 16.5. The van der Waals surface area contributed by atoms with Crippen molar-refractivity contribution in [2.24, 2.45) is 0 Å². The number of aryl methyl sites for hydroxylation is 1. The number of anilines is 3. The Balaban J connectivity index is 1.35. The molecule has 3 aromatic rings. The van der Waals surface area contributed by atoms with Crippen LogP contribution in [0.1, 0.15) is 18.7 Å². The number of ether oxygens (including phenoxy) is 1. The van der Waals surface area contributed by atoms with E-state index in [1.165, 1.54) is 0 Å². The Morgan fingerprint density at radius 2 is 1.93 bits per heavy atom. The minimum absolute atomic E-state index is 0.296. The van der Waals surface area contributed by atoms with Crippen LogP contribution in [0.3, 0.4) is 0 Å². The third-order valence-corrected chi connectivity index (χ3v) is 6.00. The number of fused-ring (bicyclic) bond motifs is 1. The second-order valence-corrected chi connectivity index (χ2v) is 7.86. The van der Waals surface area contributed by atoms with Crippen LogP contribution in [0.15, 0.2) is 24.7 Å². The molecule has 1 unspecified atom stereocenters. The molecule has 30 heavy (non-hydrogen) atoms. The van der Waals surface area contributed by atoms with Crippen molar-refractivity contribution >= 4 is 23.2 Å². The lowest BCUT2D eigenvalue weighted by molar-refractivity contribution is 0.122. The Bertz CT molecular complexity index is 1020. The van der Waals surface area contributed by atoms with Crippen LogP contribution in [0.4, 0.5) is 17.6 Å². The highest BCUT2D eigenvalue weighted by Crippen LogP contribution is 2.25. The zero-order valence-corrected chi connectivity index (χ0v) is 17.5. The fourth-order valence-corrected chi connectivity index (χ4v) is 4.26. The van der Waals surface area contributed by atoms with E-state index in [2.05, 4.69) is 41.9 Å². The molecule has 0 spiro atoms. The zero-order chi connectivity index (χ0) is 20.5. The van der Waals surface area contributed by atoms with Crippen molar-refractivity contribution in [3.05, 3.63) is 30.5 Å². The number of rotatable bonds is 4. The van der Waals surface area contributed by atoms with E-state index in [-0.39, 0.29) is 0 Å². The van der Waals surface area contributed by atoms with Crippen molar-refractivity contribution in [1.82, 2.24) is 29.5 Å². The van der Waals surface area contributed by atoms with Gasteiger partial charge in [0.25, 0.3) is 0 Å². The molecule has 5 heterocycles.